The smallest absolute Gasteiger partial charge is 0.236 e. The standard InChI is InChI=1S/C16H12FN3OS2/c17-12-6-8-13(9-7-12)22-10-14(21)18-16-20-19-15(23-16)11-4-2-1-3-5-11/h1-9H,10H2,(H,18,20,21). The summed E-state index contributed by atoms with van der Waals surface area (Å²) in [6.45, 7) is 0. The van der Waals surface area contributed by atoms with Gasteiger partial charge in [-0.15, -0.1) is 22.0 Å². The maximum absolute atomic E-state index is 12.8. The predicted octanol–water partition coefficient (Wildman–Crippen LogP) is 4.08. The summed E-state index contributed by atoms with van der Waals surface area (Å²) in [5.41, 5.74) is 0.964. The molecule has 3 aromatic rings. The molecule has 116 valence electrons. The Kier molecular flexibility index (Phi) is 4.99. The van der Waals surface area contributed by atoms with Crippen molar-refractivity contribution in [1.29, 1.82) is 0 Å². The Morgan fingerprint density at radius 1 is 1.09 bits per heavy atom. The van der Waals surface area contributed by atoms with Gasteiger partial charge in [-0.2, -0.15) is 0 Å². The summed E-state index contributed by atoms with van der Waals surface area (Å²) in [4.78, 5) is 12.8. The Bertz CT molecular complexity index is 791. The van der Waals surface area contributed by atoms with Crippen molar-refractivity contribution in [3.8, 4) is 10.6 Å². The molecule has 23 heavy (non-hydrogen) atoms. The Morgan fingerprint density at radius 3 is 2.57 bits per heavy atom. The molecule has 0 unspecified atom stereocenters. The first-order valence-electron chi connectivity index (χ1n) is 6.78. The fourth-order valence-electron chi connectivity index (χ4n) is 1.81. The van der Waals surface area contributed by atoms with Gasteiger partial charge in [-0.05, 0) is 24.3 Å². The largest absolute Gasteiger partial charge is 0.300 e. The first kappa shape index (κ1) is 15.6. The van der Waals surface area contributed by atoms with E-state index in [4.69, 9.17) is 0 Å². The van der Waals surface area contributed by atoms with Crippen LogP contribution >= 0.6 is 23.1 Å². The second-order valence-electron chi connectivity index (χ2n) is 4.57. The Morgan fingerprint density at radius 2 is 1.83 bits per heavy atom. The van der Waals surface area contributed by atoms with E-state index in [1.807, 2.05) is 30.3 Å². The zero-order valence-electron chi connectivity index (χ0n) is 11.9. The van der Waals surface area contributed by atoms with Crippen LogP contribution in [0, 0.1) is 5.82 Å². The molecule has 1 amide bonds. The molecule has 0 spiro atoms. The Labute approximate surface area is 140 Å². The fourth-order valence-corrected chi connectivity index (χ4v) is 3.27. The molecule has 0 aliphatic heterocycles. The third kappa shape index (κ3) is 4.37. The average Bonchev–Trinajstić information content (AvgIpc) is 3.04. The van der Waals surface area contributed by atoms with Crippen molar-refractivity contribution in [1.82, 2.24) is 10.2 Å². The zero-order valence-corrected chi connectivity index (χ0v) is 13.5. The van der Waals surface area contributed by atoms with Gasteiger partial charge in [0.1, 0.15) is 10.8 Å². The van der Waals surface area contributed by atoms with Crippen molar-refractivity contribution in [2.45, 2.75) is 4.90 Å². The summed E-state index contributed by atoms with van der Waals surface area (Å²) >= 11 is 2.66. The van der Waals surface area contributed by atoms with Crippen LogP contribution in [0.2, 0.25) is 0 Å². The molecular formula is C16H12FN3OS2. The van der Waals surface area contributed by atoms with Crippen molar-refractivity contribution in [3.05, 3.63) is 60.4 Å². The molecule has 0 atom stereocenters. The fraction of sp³-hybridized carbons (Fsp3) is 0.0625. The highest BCUT2D eigenvalue weighted by Crippen LogP contribution is 2.26. The molecule has 0 bridgehead atoms. The molecule has 0 radical (unpaired) electrons. The lowest BCUT2D eigenvalue weighted by Gasteiger charge is -2.01. The molecule has 4 nitrogen and oxygen atoms in total. The number of hydrogen-bond acceptors (Lipinski definition) is 5. The maximum Gasteiger partial charge on any atom is 0.236 e. The van der Waals surface area contributed by atoms with Crippen molar-refractivity contribution in [2.24, 2.45) is 0 Å². The highest BCUT2D eigenvalue weighted by Gasteiger charge is 2.10. The number of nitrogens with zero attached hydrogens (tertiary/aromatic N) is 2. The number of amides is 1. The van der Waals surface area contributed by atoms with Crippen LogP contribution in [0.4, 0.5) is 9.52 Å². The molecular weight excluding hydrogens is 333 g/mol. The van der Waals surface area contributed by atoms with Gasteiger partial charge in [-0.25, -0.2) is 4.39 Å². The lowest BCUT2D eigenvalue weighted by molar-refractivity contribution is -0.113. The van der Waals surface area contributed by atoms with Crippen LogP contribution < -0.4 is 5.32 Å². The maximum atomic E-state index is 12.8. The first-order valence-corrected chi connectivity index (χ1v) is 8.58. The van der Waals surface area contributed by atoms with Gasteiger partial charge >= 0.3 is 0 Å². The zero-order chi connectivity index (χ0) is 16.1. The number of aromatic nitrogens is 2. The van der Waals surface area contributed by atoms with E-state index in [9.17, 15) is 9.18 Å². The van der Waals surface area contributed by atoms with Crippen LogP contribution in [-0.4, -0.2) is 21.9 Å². The van der Waals surface area contributed by atoms with Gasteiger partial charge in [0.2, 0.25) is 11.0 Å². The number of nitrogens with one attached hydrogen (secondary N) is 1. The van der Waals surface area contributed by atoms with Gasteiger partial charge in [-0.1, -0.05) is 41.7 Å². The van der Waals surface area contributed by atoms with Gasteiger partial charge in [0.25, 0.3) is 0 Å². The molecule has 0 aliphatic carbocycles. The number of carbonyl (C=O) groups is 1. The van der Waals surface area contributed by atoms with Crippen LogP contribution in [0.1, 0.15) is 0 Å². The second-order valence-corrected chi connectivity index (χ2v) is 6.60. The molecule has 0 fully saturated rings. The van der Waals surface area contributed by atoms with Crippen LogP contribution in [0.5, 0.6) is 0 Å². The van der Waals surface area contributed by atoms with Gasteiger partial charge < -0.3 is 0 Å². The quantitative estimate of drug-likeness (QED) is 0.708. The molecule has 1 aromatic heterocycles. The van der Waals surface area contributed by atoms with Crippen molar-refractivity contribution in [3.63, 3.8) is 0 Å². The van der Waals surface area contributed by atoms with Crippen molar-refractivity contribution < 1.29 is 9.18 Å². The van der Waals surface area contributed by atoms with E-state index in [0.29, 0.717) is 5.13 Å². The molecule has 3 rings (SSSR count). The minimum atomic E-state index is -0.291. The number of thioether (sulfide) groups is 1. The second kappa shape index (κ2) is 7.34. The monoisotopic (exact) mass is 345 g/mol. The summed E-state index contributed by atoms with van der Waals surface area (Å²) in [6, 6.07) is 15.7. The first-order chi connectivity index (χ1) is 11.2. The summed E-state index contributed by atoms with van der Waals surface area (Å²) in [5.74, 6) is -0.234. The molecule has 2 aromatic carbocycles. The minimum absolute atomic E-state index is 0.171. The van der Waals surface area contributed by atoms with Crippen molar-refractivity contribution >= 4 is 34.1 Å². The van der Waals surface area contributed by atoms with Gasteiger partial charge in [0.15, 0.2) is 0 Å². The third-order valence-corrected chi connectivity index (χ3v) is 4.78. The molecule has 0 saturated carbocycles. The van der Waals surface area contributed by atoms with E-state index < -0.39 is 0 Å². The van der Waals surface area contributed by atoms with Crippen LogP contribution in [-0.2, 0) is 4.79 Å². The van der Waals surface area contributed by atoms with E-state index in [1.54, 1.807) is 12.1 Å². The van der Waals surface area contributed by atoms with Crippen LogP contribution in [0.15, 0.2) is 59.5 Å². The summed E-state index contributed by atoms with van der Waals surface area (Å²) in [6.07, 6.45) is 0. The van der Waals surface area contributed by atoms with E-state index in [0.717, 1.165) is 15.5 Å². The molecule has 1 N–H and O–H groups in total. The number of carbonyl (C=O) groups excluding carboxylic acids is 1. The lowest BCUT2D eigenvalue weighted by atomic mass is 10.2. The van der Waals surface area contributed by atoms with Gasteiger partial charge in [0, 0.05) is 10.5 Å². The third-order valence-electron chi connectivity index (χ3n) is 2.88. The van der Waals surface area contributed by atoms with E-state index in [-0.39, 0.29) is 17.5 Å². The predicted molar refractivity (Wildman–Crippen MR) is 91.1 cm³/mol. The summed E-state index contributed by atoms with van der Waals surface area (Å²) in [7, 11) is 0. The Balaban J connectivity index is 1.56. The minimum Gasteiger partial charge on any atom is -0.300 e. The van der Waals surface area contributed by atoms with Gasteiger partial charge in [-0.3, -0.25) is 10.1 Å². The molecule has 7 heteroatoms. The number of benzene rings is 2. The summed E-state index contributed by atoms with van der Waals surface area (Å²) in [5, 5.41) is 12.0. The highest BCUT2D eigenvalue weighted by molar-refractivity contribution is 8.00. The van der Waals surface area contributed by atoms with Crippen molar-refractivity contribution in [2.75, 3.05) is 11.1 Å². The van der Waals surface area contributed by atoms with E-state index in [2.05, 4.69) is 15.5 Å². The molecule has 0 aliphatic rings. The lowest BCUT2D eigenvalue weighted by Crippen LogP contribution is -2.13. The summed E-state index contributed by atoms with van der Waals surface area (Å²) < 4.78 is 12.8. The molecule has 1 heterocycles. The average molecular weight is 345 g/mol. The number of halogens is 1. The SMILES string of the molecule is O=C(CSc1ccc(F)cc1)Nc1nnc(-c2ccccc2)s1. The highest BCUT2D eigenvalue weighted by atomic mass is 32.2. The van der Waals surface area contributed by atoms with Gasteiger partial charge in [0.05, 0.1) is 5.75 Å². The number of rotatable bonds is 5. The number of anilines is 1. The van der Waals surface area contributed by atoms with Crippen LogP contribution in [0.3, 0.4) is 0 Å². The van der Waals surface area contributed by atoms with Crippen LogP contribution in [0.25, 0.3) is 10.6 Å². The number of hydrogen-bond donors (Lipinski definition) is 1. The van der Waals surface area contributed by atoms with E-state index >= 15 is 0 Å². The molecule has 0 saturated heterocycles. The topological polar surface area (TPSA) is 54.9 Å². The Hall–Kier alpha value is -2.25. The normalized spacial score (nSPS) is 10.5. The van der Waals surface area contributed by atoms with E-state index in [1.165, 1.54) is 35.2 Å².